The lowest BCUT2D eigenvalue weighted by atomic mass is 9.74. The predicted molar refractivity (Wildman–Crippen MR) is 155 cm³/mol. The minimum atomic E-state index is -0.165. The number of fused-ring (bicyclic) bond motifs is 3. The molecule has 0 aliphatic carbocycles. The highest BCUT2D eigenvalue weighted by Gasteiger charge is 2.44. The number of hydrogen-bond acceptors (Lipinski definition) is 5. The fraction of sp³-hybridized carbons (Fsp3) is 0.394. The van der Waals surface area contributed by atoms with Crippen molar-refractivity contribution < 1.29 is 19.4 Å². The summed E-state index contributed by atoms with van der Waals surface area (Å²) >= 11 is 0. The summed E-state index contributed by atoms with van der Waals surface area (Å²) in [6.45, 7) is 4.06. The summed E-state index contributed by atoms with van der Waals surface area (Å²) in [5.74, 6) is 1.11. The number of benzene rings is 3. The summed E-state index contributed by atoms with van der Waals surface area (Å²) in [6.07, 6.45) is 4.44. The smallest absolute Gasteiger partial charge is 0.258 e. The van der Waals surface area contributed by atoms with Gasteiger partial charge >= 0.3 is 0 Å². The SMILES string of the molecule is CN1CCC2(CC1)COc1cc3c(cc12)N(C(=O)c1ccc(-c2ccc(N4CCCC4=O)cc2)c(CO)c1)CC3. The number of aliphatic hydroxyl groups is 1. The molecule has 0 radical (unpaired) electrons. The zero-order valence-electron chi connectivity index (χ0n) is 23.0. The van der Waals surface area contributed by atoms with Gasteiger partial charge < -0.3 is 24.5 Å². The molecule has 1 spiro atoms. The first-order valence-corrected chi connectivity index (χ1v) is 14.4. The Morgan fingerprint density at radius 3 is 2.50 bits per heavy atom. The third kappa shape index (κ3) is 4.11. The van der Waals surface area contributed by atoms with Crippen LogP contribution in [0.5, 0.6) is 5.75 Å². The molecule has 0 aromatic heterocycles. The molecule has 1 N–H and O–H groups in total. The van der Waals surface area contributed by atoms with E-state index in [-0.39, 0.29) is 23.8 Å². The van der Waals surface area contributed by atoms with Gasteiger partial charge in [-0.05, 0) is 104 Å². The Kier molecular flexibility index (Phi) is 6.17. The molecule has 7 nitrogen and oxygen atoms in total. The standard InChI is InChI=1S/C33H35N3O4/c1-34-15-11-33(12-16-34)21-40-30-18-23-10-14-36(29(23)19-28(30)33)32(39)24-6-9-27(25(17-24)20-37)22-4-7-26(8-5-22)35-13-2-3-31(35)38/h4-9,17-19,37H,2-3,10-16,20-21H2,1H3. The highest BCUT2D eigenvalue weighted by molar-refractivity contribution is 6.08. The van der Waals surface area contributed by atoms with Gasteiger partial charge in [0, 0.05) is 47.4 Å². The molecule has 2 saturated heterocycles. The largest absolute Gasteiger partial charge is 0.492 e. The van der Waals surface area contributed by atoms with Crippen LogP contribution in [0.2, 0.25) is 0 Å². The Balaban J connectivity index is 1.15. The van der Waals surface area contributed by atoms with Gasteiger partial charge in [-0.25, -0.2) is 0 Å². The third-order valence-corrected chi connectivity index (χ3v) is 9.43. The van der Waals surface area contributed by atoms with Crippen LogP contribution in [-0.4, -0.2) is 61.7 Å². The maximum absolute atomic E-state index is 13.8. The van der Waals surface area contributed by atoms with E-state index in [2.05, 4.69) is 24.1 Å². The van der Waals surface area contributed by atoms with Crippen LogP contribution in [0.25, 0.3) is 11.1 Å². The lowest BCUT2D eigenvalue weighted by Crippen LogP contribution is -2.42. The summed E-state index contributed by atoms with van der Waals surface area (Å²) < 4.78 is 6.19. The van der Waals surface area contributed by atoms with Gasteiger partial charge in [0.1, 0.15) is 5.75 Å². The van der Waals surface area contributed by atoms with Crippen molar-refractivity contribution in [2.24, 2.45) is 0 Å². The van der Waals surface area contributed by atoms with Crippen molar-refractivity contribution in [1.82, 2.24) is 4.90 Å². The number of aliphatic hydroxyl groups excluding tert-OH is 1. The number of amides is 2. The fourth-order valence-electron chi connectivity index (χ4n) is 6.95. The molecule has 3 aromatic rings. The quantitative estimate of drug-likeness (QED) is 0.530. The average Bonchev–Trinajstić information content (AvgIpc) is 3.70. The molecule has 3 aromatic carbocycles. The number of piperidine rings is 1. The van der Waals surface area contributed by atoms with Crippen LogP contribution in [0.4, 0.5) is 11.4 Å². The molecule has 0 saturated carbocycles. The van der Waals surface area contributed by atoms with Gasteiger partial charge in [-0.2, -0.15) is 0 Å². The Morgan fingerprint density at radius 2 is 1.77 bits per heavy atom. The summed E-state index contributed by atoms with van der Waals surface area (Å²) in [6, 6.07) is 17.9. The normalized spacial score (nSPS) is 19.7. The van der Waals surface area contributed by atoms with Gasteiger partial charge in [0.15, 0.2) is 0 Å². The molecule has 4 aliphatic rings. The van der Waals surface area contributed by atoms with Crippen molar-refractivity contribution >= 4 is 23.2 Å². The second-order valence-corrected chi connectivity index (χ2v) is 11.8. The average molecular weight is 538 g/mol. The molecule has 0 bridgehead atoms. The van der Waals surface area contributed by atoms with Crippen molar-refractivity contribution in [2.45, 2.75) is 44.1 Å². The van der Waals surface area contributed by atoms with Crippen LogP contribution in [0.15, 0.2) is 54.6 Å². The molecular formula is C33H35N3O4. The second kappa shape index (κ2) is 9.75. The highest BCUT2D eigenvalue weighted by Crippen LogP contribution is 2.49. The predicted octanol–water partition coefficient (Wildman–Crippen LogP) is 4.53. The summed E-state index contributed by atoms with van der Waals surface area (Å²) in [4.78, 5) is 32.0. The maximum Gasteiger partial charge on any atom is 0.258 e. The Hall–Kier alpha value is -3.68. The van der Waals surface area contributed by atoms with E-state index in [0.717, 1.165) is 85.7 Å². The van der Waals surface area contributed by atoms with Crippen LogP contribution in [-0.2, 0) is 23.2 Å². The Morgan fingerprint density at radius 1 is 0.975 bits per heavy atom. The molecule has 4 aliphatic heterocycles. The van der Waals surface area contributed by atoms with Gasteiger partial charge in [0.25, 0.3) is 5.91 Å². The molecule has 0 unspecified atom stereocenters. The second-order valence-electron chi connectivity index (χ2n) is 11.8. The zero-order valence-corrected chi connectivity index (χ0v) is 23.0. The first kappa shape index (κ1) is 25.3. The van der Waals surface area contributed by atoms with Crippen molar-refractivity contribution in [3.8, 4) is 16.9 Å². The van der Waals surface area contributed by atoms with Crippen LogP contribution >= 0.6 is 0 Å². The number of nitrogens with zero attached hydrogens (tertiary/aromatic N) is 3. The van der Waals surface area contributed by atoms with E-state index < -0.39 is 0 Å². The Bertz CT molecular complexity index is 1490. The minimum absolute atomic E-state index is 0.0392. The van der Waals surface area contributed by atoms with Gasteiger partial charge in [-0.1, -0.05) is 18.2 Å². The summed E-state index contributed by atoms with van der Waals surface area (Å²) in [7, 11) is 2.17. The van der Waals surface area contributed by atoms with E-state index in [1.807, 2.05) is 52.3 Å². The van der Waals surface area contributed by atoms with Gasteiger partial charge in [0.05, 0.1) is 13.2 Å². The third-order valence-electron chi connectivity index (χ3n) is 9.43. The molecule has 206 valence electrons. The van der Waals surface area contributed by atoms with Gasteiger partial charge in [-0.15, -0.1) is 0 Å². The Labute approximate surface area is 235 Å². The van der Waals surface area contributed by atoms with E-state index in [0.29, 0.717) is 24.1 Å². The number of anilines is 2. The van der Waals surface area contributed by atoms with E-state index in [9.17, 15) is 14.7 Å². The van der Waals surface area contributed by atoms with E-state index in [4.69, 9.17) is 4.74 Å². The molecule has 7 rings (SSSR count). The fourth-order valence-corrected chi connectivity index (χ4v) is 6.95. The first-order valence-electron chi connectivity index (χ1n) is 14.4. The van der Waals surface area contributed by atoms with Crippen LogP contribution in [0.3, 0.4) is 0 Å². The number of ether oxygens (including phenoxy) is 1. The van der Waals surface area contributed by atoms with Crippen molar-refractivity contribution in [3.63, 3.8) is 0 Å². The van der Waals surface area contributed by atoms with E-state index in [1.54, 1.807) is 0 Å². The maximum atomic E-state index is 13.8. The summed E-state index contributed by atoms with van der Waals surface area (Å²) in [5.41, 5.74) is 7.47. The summed E-state index contributed by atoms with van der Waals surface area (Å²) in [5, 5.41) is 10.2. The van der Waals surface area contributed by atoms with Crippen LogP contribution < -0.4 is 14.5 Å². The number of rotatable bonds is 4. The number of hydrogen-bond donors (Lipinski definition) is 1. The molecule has 4 heterocycles. The monoisotopic (exact) mass is 537 g/mol. The topological polar surface area (TPSA) is 73.3 Å². The van der Waals surface area contributed by atoms with Gasteiger partial charge in [0.2, 0.25) is 5.91 Å². The molecule has 7 heteroatoms. The van der Waals surface area contributed by atoms with Crippen molar-refractivity contribution in [2.75, 3.05) is 49.6 Å². The number of likely N-dealkylation sites (tertiary alicyclic amines) is 1. The van der Waals surface area contributed by atoms with Gasteiger partial charge in [-0.3, -0.25) is 9.59 Å². The van der Waals surface area contributed by atoms with Crippen molar-refractivity contribution in [3.05, 3.63) is 76.9 Å². The molecule has 2 amide bonds. The minimum Gasteiger partial charge on any atom is -0.492 e. The van der Waals surface area contributed by atoms with E-state index >= 15 is 0 Å². The number of carbonyl (C=O) groups excluding carboxylic acids is 2. The molecule has 2 fully saturated rings. The van der Waals surface area contributed by atoms with E-state index in [1.165, 1.54) is 5.56 Å². The lowest BCUT2D eigenvalue weighted by molar-refractivity contribution is -0.117. The number of carbonyl (C=O) groups is 2. The molecular weight excluding hydrogens is 502 g/mol. The molecule has 0 atom stereocenters. The van der Waals surface area contributed by atoms with Crippen LogP contribution in [0, 0.1) is 0 Å². The van der Waals surface area contributed by atoms with Crippen molar-refractivity contribution in [1.29, 1.82) is 0 Å². The first-order chi connectivity index (χ1) is 19.5. The van der Waals surface area contributed by atoms with Crippen LogP contribution in [0.1, 0.15) is 52.7 Å². The molecule has 40 heavy (non-hydrogen) atoms. The zero-order chi connectivity index (χ0) is 27.4. The highest BCUT2D eigenvalue weighted by atomic mass is 16.5. The lowest BCUT2D eigenvalue weighted by Gasteiger charge is -2.37.